The molecule has 1 aliphatic heterocycles. The van der Waals surface area contributed by atoms with Crippen LogP contribution >= 0.6 is 0 Å². The third-order valence-electron chi connectivity index (χ3n) is 2.50. The van der Waals surface area contributed by atoms with Gasteiger partial charge in [-0.05, 0) is 32.9 Å². The molecule has 13 heavy (non-hydrogen) atoms. The molecule has 1 saturated heterocycles. The molecule has 1 atom stereocenters. The van der Waals surface area contributed by atoms with E-state index in [2.05, 4.69) is 16.7 Å². The topological polar surface area (TPSA) is 20.3 Å². The molecule has 1 fully saturated rings. The van der Waals surface area contributed by atoms with Gasteiger partial charge in [0.15, 0.2) is 0 Å². The van der Waals surface area contributed by atoms with Gasteiger partial charge in [-0.15, -0.1) is 11.8 Å². The third kappa shape index (κ3) is 3.20. The van der Waals surface area contributed by atoms with E-state index in [4.69, 9.17) is 0 Å². The molecule has 2 nitrogen and oxygen atoms in total. The van der Waals surface area contributed by atoms with Crippen molar-refractivity contribution in [1.29, 1.82) is 0 Å². The largest absolute Gasteiger partial charge is 0.302 e. The van der Waals surface area contributed by atoms with E-state index in [0.29, 0.717) is 6.42 Å². The molecule has 72 valence electrons. The lowest BCUT2D eigenvalue weighted by molar-refractivity contribution is -0.112. The second kappa shape index (κ2) is 5.77. The van der Waals surface area contributed by atoms with Crippen LogP contribution in [0.1, 0.15) is 32.6 Å². The molecule has 0 N–H and O–H groups in total. The Morgan fingerprint density at radius 1 is 1.38 bits per heavy atom. The van der Waals surface area contributed by atoms with Crippen molar-refractivity contribution >= 4 is 6.29 Å². The van der Waals surface area contributed by atoms with Crippen LogP contribution in [0, 0.1) is 11.8 Å². The smallest absolute Gasteiger partial charge is 0.138 e. The standard InChI is InChI=1S/C11H17NO/c1-2-3-7-11(10-13)12-8-5-4-6-9-12/h10-11H,4-9H2,1H3. The van der Waals surface area contributed by atoms with Gasteiger partial charge in [-0.2, -0.15) is 0 Å². The van der Waals surface area contributed by atoms with Crippen LogP contribution in [0.3, 0.4) is 0 Å². The van der Waals surface area contributed by atoms with E-state index in [9.17, 15) is 4.79 Å². The fraction of sp³-hybridized carbons (Fsp3) is 0.727. The highest BCUT2D eigenvalue weighted by atomic mass is 16.1. The first-order valence-corrected chi connectivity index (χ1v) is 4.97. The van der Waals surface area contributed by atoms with Gasteiger partial charge in [-0.1, -0.05) is 6.42 Å². The van der Waals surface area contributed by atoms with Gasteiger partial charge < -0.3 is 4.79 Å². The van der Waals surface area contributed by atoms with E-state index >= 15 is 0 Å². The molecule has 0 aromatic rings. The molecule has 1 aliphatic rings. The van der Waals surface area contributed by atoms with Crippen LogP contribution in [-0.4, -0.2) is 30.3 Å². The van der Waals surface area contributed by atoms with Crippen LogP contribution in [-0.2, 0) is 4.79 Å². The summed E-state index contributed by atoms with van der Waals surface area (Å²) in [6, 6.07) is 0.0350. The number of piperidine rings is 1. The average Bonchev–Trinajstić information content (AvgIpc) is 2.21. The summed E-state index contributed by atoms with van der Waals surface area (Å²) in [6.45, 7) is 3.95. The lowest BCUT2D eigenvalue weighted by Crippen LogP contribution is -2.39. The molecule has 0 aliphatic carbocycles. The van der Waals surface area contributed by atoms with E-state index in [1.807, 2.05) is 6.92 Å². The minimum atomic E-state index is 0.0350. The maximum Gasteiger partial charge on any atom is 0.138 e. The molecule has 0 radical (unpaired) electrons. The SMILES string of the molecule is CC#CCC(C=O)N1CCCCC1. The number of hydrogen-bond donors (Lipinski definition) is 0. The summed E-state index contributed by atoms with van der Waals surface area (Å²) >= 11 is 0. The Hall–Kier alpha value is -0.810. The van der Waals surface area contributed by atoms with Crippen molar-refractivity contribution in [2.24, 2.45) is 0 Å². The molecule has 1 rings (SSSR count). The van der Waals surface area contributed by atoms with Crippen molar-refractivity contribution in [3.05, 3.63) is 0 Å². The van der Waals surface area contributed by atoms with E-state index in [1.54, 1.807) is 0 Å². The van der Waals surface area contributed by atoms with Crippen molar-refractivity contribution in [1.82, 2.24) is 4.90 Å². The number of carbonyl (C=O) groups excluding carboxylic acids is 1. The first kappa shape index (κ1) is 10.3. The van der Waals surface area contributed by atoms with Crippen molar-refractivity contribution in [3.63, 3.8) is 0 Å². The summed E-state index contributed by atoms with van der Waals surface area (Å²) in [6.07, 6.45) is 5.49. The van der Waals surface area contributed by atoms with Gasteiger partial charge in [0.1, 0.15) is 6.29 Å². The molecule has 0 aromatic heterocycles. The number of aldehydes is 1. The minimum absolute atomic E-state index is 0.0350. The summed E-state index contributed by atoms with van der Waals surface area (Å²) < 4.78 is 0. The molecule has 2 heteroatoms. The molecular weight excluding hydrogens is 162 g/mol. The van der Waals surface area contributed by atoms with Gasteiger partial charge in [-0.25, -0.2) is 0 Å². The molecule has 0 aromatic carbocycles. The fourth-order valence-electron chi connectivity index (χ4n) is 1.72. The Kier molecular flexibility index (Phi) is 4.56. The molecule has 0 amide bonds. The van der Waals surface area contributed by atoms with Crippen LogP contribution in [0.15, 0.2) is 0 Å². The van der Waals surface area contributed by atoms with Crippen LogP contribution in [0.4, 0.5) is 0 Å². The van der Waals surface area contributed by atoms with Crippen molar-refractivity contribution in [2.75, 3.05) is 13.1 Å². The summed E-state index contributed by atoms with van der Waals surface area (Å²) in [5.74, 6) is 5.81. The summed E-state index contributed by atoms with van der Waals surface area (Å²) in [7, 11) is 0. The summed E-state index contributed by atoms with van der Waals surface area (Å²) in [5.41, 5.74) is 0. The molecule has 1 heterocycles. The highest BCUT2D eigenvalue weighted by molar-refractivity contribution is 5.58. The molecule has 0 bridgehead atoms. The summed E-state index contributed by atoms with van der Waals surface area (Å²) in [4.78, 5) is 13.1. The van der Waals surface area contributed by atoms with Crippen LogP contribution in [0.2, 0.25) is 0 Å². The van der Waals surface area contributed by atoms with Crippen LogP contribution in [0.5, 0.6) is 0 Å². The zero-order valence-electron chi connectivity index (χ0n) is 8.25. The second-order valence-corrected chi connectivity index (χ2v) is 3.43. The van der Waals surface area contributed by atoms with Crippen molar-refractivity contribution < 1.29 is 4.79 Å². The second-order valence-electron chi connectivity index (χ2n) is 3.43. The van der Waals surface area contributed by atoms with E-state index < -0.39 is 0 Å². The monoisotopic (exact) mass is 179 g/mol. The normalized spacial score (nSPS) is 20.1. The van der Waals surface area contributed by atoms with Gasteiger partial charge >= 0.3 is 0 Å². The van der Waals surface area contributed by atoms with Crippen LogP contribution in [0.25, 0.3) is 0 Å². The Morgan fingerprint density at radius 2 is 2.08 bits per heavy atom. The third-order valence-corrected chi connectivity index (χ3v) is 2.50. The number of likely N-dealkylation sites (tertiary alicyclic amines) is 1. The highest BCUT2D eigenvalue weighted by Gasteiger charge is 2.18. The predicted octanol–water partition coefficient (Wildman–Crippen LogP) is 1.45. The van der Waals surface area contributed by atoms with Gasteiger partial charge in [0.2, 0.25) is 0 Å². The average molecular weight is 179 g/mol. The van der Waals surface area contributed by atoms with Crippen molar-refractivity contribution in [2.45, 2.75) is 38.6 Å². The first-order valence-electron chi connectivity index (χ1n) is 4.97. The molecule has 1 unspecified atom stereocenters. The van der Waals surface area contributed by atoms with Crippen LogP contribution < -0.4 is 0 Å². The molecule has 0 spiro atoms. The lowest BCUT2D eigenvalue weighted by atomic mass is 10.1. The molecular formula is C11H17NO. The minimum Gasteiger partial charge on any atom is -0.302 e. The number of nitrogens with zero attached hydrogens (tertiary/aromatic N) is 1. The lowest BCUT2D eigenvalue weighted by Gasteiger charge is -2.30. The Labute approximate surface area is 80.3 Å². The Bertz CT molecular complexity index is 208. The quantitative estimate of drug-likeness (QED) is 0.483. The Balaban J connectivity index is 2.42. The van der Waals surface area contributed by atoms with Crippen molar-refractivity contribution in [3.8, 4) is 11.8 Å². The Morgan fingerprint density at radius 3 is 2.62 bits per heavy atom. The maximum absolute atomic E-state index is 10.8. The van der Waals surface area contributed by atoms with Gasteiger partial charge in [0, 0.05) is 6.42 Å². The number of rotatable bonds is 3. The van der Waals surface area contributed by atoms with Gasteiger partial charge in [-0.3, -0.25) is 4.90 Å². The summed E-state index contributed by atoms with van der Waals surface area (Å²) in [5, 5.41) is 0. The van der Waals surface area contributed by atoms with E-state index in [-0.39, 0.29) is 6.04 Å². The predicted molar refractivity (Wildman–Crippen MR) is 53.3 cm³/mol. The highest BCUT2D eigenvalue weighted by Crippen LogP contribution is 2.12. The molecule has 0 saturated carbocycles. The zero-order valence-corrected chi connectivity index (χ0v) is 8.25. The van der Waals surface area contributed by atoms with E-state index in [1.165, 1.54) is 19.3 Å². The van der Waals surface area contributed by atoms with Gasteiger partial charge in [0.05, 0.1) is 6.04 Å². The number of hydrogen-bond acceptors (Lipinski definition) is 2. The number of carbonyl (C=O) groups is 1. The first-order chi connectivity index (χ1) is 6.38. The van der Waals surface area contributed by atoms with E-state index in [0.717, 1.165) is 19.4 Å². The zero-order chi connectivity index (χ0) is 9.52. The maximum atomic E-state index is 10.8. The fourth-order valence-corrected chi connectivity index (χ4v) is 1.72. The van der Waals surface area contributed by atoms with Gasteiger partial charge in [0.25, 0.3) is 0 Å².